The second-order valence-corrected chi connectivity index (χ2v) is 10.3. The number of nitrogens with zero attached hydrogens (tertiary/aromatic N) is 1. The lowest BCUT2D eigenvalue weighted by molar-refractivity contribution is -0.122. The molecule has 9 heteroatoms. The number of aromatic carboxylic acids is 1. The standard InChI is InChI=1S/C29H24N2O5S2/c1-35-24-14-18(13-22(26(24)36-2)20-7-8-23-21(16-20)9-11-30-23)15-25-27(32)31(29(37)38-25)12-10-17-3-5-19(6-4-17)28(33)34/h3-9,11,13-16,30H,10,12H2,1-2H3,(H,33,34). The van der Waals surface area contributed by atoms with Gasteiger partial charge in [-0.1, -0.05) is 42.2 Å². The molecule has 0 unspecified atom stereocenters. The Morgan fingerprint density at radius 2 is 1.87 bits per heavy atom. The molecule has 0 spiro atoms. The summed E-state index contributed by atoms with van der Waals surface area (Å²) in [7, 11) is 3.19. The van der Waals surface area contributed by atoms with E-state index in [1.54, 1.807) is 43.4 Å². The number of methoxy groups -OCH3 is 2. The summed E-state index contributed by atoms with van der Waals surface area (Å²) in [4.78, 5) is 29.6. The zero-order chi connectivity index (χ0) is 26.8. The lowest BCUT2D eigenvalue weighted by Crippen LogP contribution is -2.30. The molecule has 1 aromatic heterocycles. The van der Waals surface area contributed by atoms with Gasteiger partial charge in [0.05, 0.1) is 24.7 Å². The van der Waals surface area contributed by atoms with Crippen molar-refractivity contribution in [1.29, 1.82) is 0 Å². The Balaban J connectivity index is 1.41. The normalized spacial score (nSPS) is 14.5. The summed E-state index contributed by atoms with van der Waals surface area (Å²) >= 11 is 6.77. The van der Waals surface area contributed by atoms with Crippen molar-refractivity contribution >= 4 is 57.2 Å². The number of thioether (sulfide) groups is 1. The number of fused-ring (bicyclic) bond motifs is 1. The predicted octanol–water partition coefficient (Wildman–Crippen LogP) is 5.99. The number of thiocarbonyl (C=S) groups is 1. The van der Waals surface area contributed by atoms with Crippen molar-refractivity contribution in [3.8, 4) is 22.6 Å². The minimum atomic E-state index is -0.970. The Labute approximate surface area is 229 Å². The van der Waals surface area contributed by atoms with Crippen LogP contribution in [0.15, 0.2) is 71.8 Å². The average Bonchev–Trinajstić information content (AvgIpc) is 3.50. The van der Waals surface area contributed by atoms with E-state index >= 15 is 0 Å². The molecule has 1 fully saturated rings. The number of hydrogen-bond acceptors (Lipinski definition) is 6. The molecule has 38 heavy (non-hydrogen) atoms. The topological polar surface area (TPSA) is 91.9 Å². The first kappa shape index (κ1) is 25.6. The lowest BCUT2D eigenvalue weighted by atomic mass is 9.99. The van der Waals surface area contributed by atoms with Crippen molar-refractivity contribution in [1.82, 2.24) is 9.88 Å². The lowest BCUT2D eigenvalue weighted by Gasteiger charge is -2.15. The maximum atomic E-state index is 13.2. The second-order valence-electron chi connectivity index (χ2n) is 8.67. The summed E-state index contributed by atoms with van der Waals surface area (Å²) in [5.41, 5.74) is 4.79. The van der Waals surface area contributed by atoms with Gasteiger partial charge in [-0.25, -0.2) is 4.79 Å². The summed E-state index contributed by atoms with van der Waals surface area (Å²) in [6.45, 7) is 0.405. The van der Waals surface area contributed by atoms with E-state index in [0.29, 0.717) is 33.7 Å². The Morgan fingerprint density at radius 1 is 1.08 bits per heavy atom. The molecule has 1 aliphatic rings. The van der Waals surface area contributed by atoms with Gasteiger partial charge in [0.15, 0.2) is 11.5 Å². The van der Waals surface area contributed by atoms with Gasteiger partial charge in [-0.05, 0) is 77.0 Å². The fraction of sp³-hybridized carbons (Fsp3) is 0.138. The number of rotatable bonds is 8. The maximum Gasteiger partial charge on any atom is 0.335 e. The summed E-state index contributed by atoms with van der Waals surface area (Å²) in [6.07, 6.45) is 4.28. The molecule has 0 bridgehead atoms. The molecule has 0 saturated carbocycles. The van der Waals surface area contributed by atoms with Crippen LogP contribution in [-0.4, -0.2) is 52.0 Å². The number of ether oxygens (including phenoxy) is 2. The number of carbonyl (C=O) groups is 2. The molecule has 1 aliphatic heterocycles. The van der Waals surface area contributed by atoms with Gasteiger partial charge in [0.25, 0.3) is 5.91 Å². The van der Waals surface area contributed by atoms with Crippen molar-refractivity contribution in [2.45, 2.75) is 6.42 Å². The van der Waals surface area contributed by atoms with Crippen LogP contribution in [-0.2, 0) is 11.2 Å². The van der Waals surface area contributed by atoms with Gasteiger partial charge in [0.2, 0.25) is 0 Å². The molecular formula is C29H24N2O5S2. The maximum absolute atomic E-state index is 13.2. The second kappa shape index (κ2) is 10.7. The molecule has 5 rings (SSSR count). The molecule has 7 nitrogen and oxygen atoms in total. The molecule has 1 amide bonds. The number of carbonyl (C=O) groups excluding carboxylic acids is 1. The summed E-state index contributed by atoms with van der Waals surface area (Å²) in [5, 5.41) is 10.2. The van der Waals surface area contributed by atoms with E-state index in [9.17, 15) is 9.59 Å². The van der Waals surface area contributed by atoms with Crippen molar-refractivity contribution in [2.24, 2.45) is 0 Å². The van der Waals surface area contributed by atoms with Gasteiger partial charge in [-0.15, -0.1) is 0 Å². The highest BCUT2D eigenvalue weighted by molar-refractivity contribution is 8.26. The third-order valence-corrected chi connectivity index (χ3v) is 7.74. The van der Waals surface area contributed by atoms with Crippen LogP contribution in [0, 0.1) is 0 Å². The largest absolute Gasteiger partial charge is 0.493 e. The fourth-order valence-electron chi connectivity index (χ4n) is 4.40. The van der Waals surface area contributed by atoms with Crippen molar-refractivity contribution < 1.29 is 24.2 Å². The Hall–Kier alpha value is -4.08. The predicted molar refractivity (Wildman–Crippen MR) is 154 cm³/mol. The first-order valence-corrected chi connectivity index (χ1v) is 13.0. The zero-order valence-electron chi connectivity index (χ0n) is 20.7. The Bertz CT molecular complexity index is 1590. The van der Waals surface area contributed by atoms with E-state index in [0.717, 1.165) is 33.2 Å². The van der Waals surface area contributed by atoms with Crippen LogP contribution in [0.3, 0.4) is 0 Å². The monoisotopic (exact) mass is 544 g/mol. The molecule has 2 N–H and O–H groups in total. The van der Waals surface area contributed by atoms with Gasteiger partial charge in [-0.2, -0.15) is 0 Å². The number of aromatic amines is 1. The van der Waals surface area contributed by atoms with Crippen LogP contribution in [0.5, 0.6) is 11.5 Å². The highest BCUT2D eigenvalue weighted by atomic mass is 32.2. The zero-order valence-corrected chi connectivity index (χ0v) is 22.3. The van der Waals surface area contributed by atoms with Crippen LogP contribution >= 0.6 is 24.0 Å². The van der Waals surface area contributed by atoms with Crippen LogP contribution in [0.1, 0.15) is 21.5 Å². The highest BCUT2D eigenvalue weighted by Gasteiger charge is 2.32. The number of amides is 1. The van der Waals surface area contributed by atoms with Gasteiger partial charge in [0.1, 0.15) is 4.32 Å². The van der Waals surface area contributed by atoms with Crippen molar-refractivity contribution in [2.75, 3.05) is 20.8 Å². The number of H-pyrrole nitrogens is 1. The first-order valence-electron chi connectivity index (χ1n) is 11.8. The molecular weight excluding hydrogens is 520 g/mol. The Morgan fingerprint density at radius 3 is 2.58 bits per heavy atom. The number of hydrogen-bond donors (Lipinski definition) is 2. The molecule has 0 radical (unpaired) electrons. The number of aromatic nitrogens is 1. The van der Waals surface area contributed by atoms with E-state index in [1.165, 1.54) is 11.8 Å². The molecule has 0 atom stereocenters. The van der Waals surface area contributed by atoms with E-state index in [2.05, 4.69) is 11.1 Å². The average molecular weight is 545 g/mol. The smallest absolute Gasteiger partial charge is 0.335 e. The molecule has 192 valence electrons. The molecule has 4 aromatic rings. The van der Waals surface area contributed by atoms with Gasteiger partial charge in [-0.3, -0.25) is 9.69 Å². The minimum absolute atomic E-state index is 0.160. The van der Waals surface area contributed by atoms with Crippen molar-refractivity contribution in [3.05, 3.63) is 88.5 Å². The number of carboxylic acids is 1. The van der Waals surface area contributed by atoms with E-state index in [4.69, 9.17) is 26.8 Å². The fourth-order valence-corrected chi connectivity index (χ4v) is 5.71. The third-order valence-electron chi connectivity index (χ3n) is 6.36. The molecule has 0 aliphatic carbocycles. The summed E-state index contributed by atoms with van der Waals surface area (Å²) in [6, 6.07) is 18.6. The summed E-state index contributed by atoms with van der Waals surface area (Å²) in [5.74, 6) is 0.0425. The number of carboxylic acid groups (broad SMARTS) is 1. The van der Waals surface area contributed by atoms with E-state index in [-0.39, 0.29) is 11.5 Å². The quantitative estimate of drug-likeness (QED) is 0.208. The van der Waals surface area contributed by atoms with E-state index in [1.807, 2.05) is 42.6 Å². The first-order chi connectivity index (χ1) is 18.4. The van der Waals surface area contributed by atoms with Crippen LogP contribution in [0.25, 0.3) is 28.1 Å². The van der Waals surface area contributed by atoms with Crippen LogP contribution in [0.4, 0.5) is 0 Å². The van der Waals surface area contributed by atoms with Gasteiger partial charge >= 0.3 is 5.97 Å². The highest BCUT2D eigenvalue weighted by Crippen LogP contribution is 2.41. The molecule has 1 saturated heterocycles. The minimum Gasteiger partial charge on any atom is -0.493 e. The number of benzene rings is 3. The molecule has 2 heterocycles. The van der Waals surface area contributed by atoms with Crippen LogP contribution in [0.2, 0.25) is 0 Å². The number of nitrogens with one attached hydrogen (secondary N) is 1. The van der Waals surface area contributed by atoms with Gasteiger partial charge in [0, 0.05) is 23.8 Å². The van der Waals surface area contributed by atoms with Gasteiger partial charge < -0.3 is 19.6 Å². The molecule has 3 aromatic carbocycles. The van der Waals surface area contributed by atoms with Crippen molar-refractivity contribution in [3.63, 3.8) is 0 Å². The summed E-state index contributed by atoms with van der Waals surface area (Å²) < 4.78 is 11.8. The Kier molecular flexibility index (Phi) is 7.22. The third kappa shape index (κ3) is 5.03. The van der Waals surface area contributed by atoms with E-state index < -0.39 is 5.97 Å². The van der Waals surface area contributed by atoms with Crippen LogP contribution < -0.4 is 9.47 Å². The SMILES string of the molecule is COc1cc(C=C2SC(=S)N(CCc3ccc(C(=O)O)cc3)C2=O)cc(-c2ccc3[nH]ccc3c2)c1OC.